The van der Waals surface area contributed by atoms with Gasteiger partial charge in [-0.05, 0) is 54.3 Å². The molecule has 0 unspecified atom stereocenters. The van der Waals surface area contributed by atoms with Crippen molar-refractivity contribution in [3.63, 3.8) is 0 Å². The van der Waals surface area contributed by atoms with E-state index in [0.29, 0.717) is 5.56 Å². The molecule has 1 aliphatic heterocycles. The molecule has 0 bridgehead atoms. The number of nitrogens with one attached hydrogen (secondary N) is 1. The first-order valence-electron chi connectivity index (χ1n) is 7.30. The normalized spacial score (nSPS) is 16.3. The summed E-state index contributed by atoms with van der Waals surface area (Å²) in [5, 5.41) is 2.13. The van der Waals surface area contributed by atoms with Gasteiger partial charge in [-0.15, -0.1) is 11.8 Å². The first kappa shape index (κ1) is 16.9. The second-order valence-corrected chi connectivity index (χ2v) is 6.09. The number of hydrogen-bond acceptors (Lipinski definition) is 4. The number of carbonyl (C=O) groups is 3. The third kappa shape index (κ3) is 3.46. The minimum Gasteiger partial charge on any atom is -0.273 e. The van der Waals surface area contributed by atoms with Crippen molar-refractivity contribution in [1.82, 2.24) is 5.32 Å². The SMILES string of the molecule is CSc1ccc(/C=C2/C(=O)NC(=O)N(c3ccc(F)cc3)C2=O)cc1. The van der Waals surface area contributed by atoms with Crippen molar-refractivity contribution in [2.24, 2.45) is 0 Å². The number of hydrogen-bond donors (Lipinski definition) is 1. The molecule has 0 radical (unpaired) electrons. The number of nitrogens with zero attached hydrogens (tertiary/aromatic N) is 1. The van der Waals surface area contributed by atoms with Crippen LogP contribution >= 0.6 is 11.8 Å². The second kappa shape index (κ2) is 6.90. The number of urea groups is 1. The van der Waals surface area contributed by atoms with Gasteiger partial charge in [-0.25, -0.2) is 14.1 Å². The Hall–Kier alpha value is -2.93. The molecule has 2 aromatic rings. The summed E-state index contributed by atoms with van der Waals surface area (Å²) in [5.41, 5.74) is 0.672. The molecule has 4 amide bonds. The standard InChI is InChI=1S/C18H13FN2O3S/c1-25-14-8-2-11(3-9-14)10-15-16(22)20-18(24)21(17(15)23)13-6-4-12(19)5-7-13/h2-10H,1H3,(H,20,22,24)/b15-10-. The molecule has 0 aliphatic carbocycles. The lowest BCUT2D eigenvalue weighted by molar-refractivity contribution is -0.122. The molecule has 126 valence electrons. The van der Waals surface area contributed by atoms with Crippen LogP contribution in [0.2, 0.25) is 0 Å². The Morgan fingerprint density at radius 1 is 1.00 bits per heavy atom. The van der Waals surface area contributed by atoms with E-state index >= 15 is 0 Å². The van der Waals surface area contributed by atoms with Crippen molar-refractivity contribution in [3.8, 4) is 0 Å². The topological polar surface area (TPSA) is 66.5 Å². The van der Waals surface area contributed by atoms with Gasteiger partial charge in [0.15, 0.2) is 0 Å². The number of benzene rings is 2. The molecule has 25 heavy (non-hydrogen) atoms. The van der Waals surface area contributed by atoms with E-state index in [9.17, 15) is 18.8 Å². The first-order valence-corrected chi connectivity index (χ1v) is 8.53. The number of thioether (sulfide) groups is 1. The molecule has 1 fully saturated rings. The Morgan fingerprint density at radius 3 is 2.24 bits per heavy atom. The summed E-state index contributed by atoms with van der Waals surface area (Å²) in [6.07, 6.45) is 3.36. The quantitative estimate of drug-likeness (QED) is 0.521. The maximum absolute atomic E-state index is 13.1. The lowest BCUT2D eigenvalue weighted by Gasteiger charge is -2.26. The van der Waals surface area contributed by atoms with Gasteiger partial charge in [-0.3, -0.25) is 14.9 Å². The van der Waals surface area contributed by atoms with Crippen molar-refractivity contribution in [1.29, 1.82) is 0 Å². The van der Waals surface area contributed by atoms with E-state index < -0.39 is 23.7 Å². The van der Waals surface area contributed by atoms with Crippen molar-refractivity contribution < 1.29 is 18.8 Å². The maximum atomic E-state index is 13.1. The third-order valence-electron chi connectivity index (χ3n) is 3.61. The summed E-state index contributed by atoms with van der Waals surface area (Å²) < 4.78 is 13.1. The van der Waals surface area contributed by atoms with Crippen molar-refractivity contribution in [2.75, 3.05) is 11.2 Å². The molecule has 7 heteroatoms. The van der Waals surface area contributed by atoms with Crippen LogP contribution in [0.25, 0.3) is 6.08 Å². The molecule has 2 aromatic carbocycles. The van der Waals surface area contributed by atoms with Gasteiger partial charge in [0.25, 0.3) is 11.8 Å². The van der Waals surface area contributed by atoms with Gasteiger partial charge >= 0.3 is 6.03 Å². The fourth-order valence-corrected chi connectivity index (χ4v) is 2.76. The van der Waals surface area contributed by atoms with Crippen LogP contribution in [0.4, 0.5) is 14.9 Å². The predicted octanol–water partition coefficient (Wildman–Crippen LogP) is 3.21. The zero-order valence-electron chi connectivity index (χ0n) is 13.2. The summed E-state index contributed by atoms with van der Waals surface area (Å²) in [5.74, 6) is -2.01. The highest BCUT2D eigenvalue weighted by atomic mass is 32.2. The van der Waals surface area contributed by atoms with E-state index in [1.165, 1.54) is 18.2 Å². The molecular weight excluding hydrogens is 343 g/mol. The number of anilines is 1. The van der Waals surface area contributed by atoms with E-state index in [0.717, 1.165) is 21.9 Å². The number of halogens is 1. The molecule has 1 heterocycles. The number of rotatable bonds is 3. The van der Waals surface area contributed by atoms with Gasteiger partial charge in [0.05, 0.1) is 5.69 Å². The van der Waals surface area contributed by atoms with Crippen LogP contribution in [0.3, 0.4) is 0 Å². The first-order chi connectivity index (χ1) is 12.0. The van der Waals surface area contributed by atoms with Crippen LogP contribution in [0.15, 0.2) is 59.0 Å². The van der Waals surface area contributed by atoms with Gasteiger partial charge in [0.1, 0.15) is 11.4 Å². The molecule has 1 saturated heterocycles. The minimum absolute atomic E-state index is 0.166. The average molecular weight is 356 g/mol. The highest BCUT2D eigenvalue weighted by Crippen LogP contribution is 2.23. The minimum atomic E-state index is -0.864. The van der Waals surface area contributed by atoms with Gasteiger partial charge in [0, 0.05) is 4.90 Å². The van der Waals surface area contributed by atoms with Crippen LogP contribution in [0.5, 0.6) is 0 Å². The molecule has 1 aliphatic rings. The van der Waals surface area contributed by atoms with Gasteiger partial charge in [0.2, 0.25) is 0 Å². The lowest BCUT2D eigenvalue weighted by atomic mass is 10.1. The average Bonchev–Trinajstić information content (AvgIpc) is 2.60. The van der Waals surface area contributed by atoms with Crippen LogP contribution < -0.4 is 10.2 Å². The Balaban J connectivity index is 1.97. The largest absolute Gasteiger partial charge is 0.335 e. The highest BCUT2D eigenvalue weighted by molar-refractivity contribution is 7.98. The fraction of sp³-hybridized carbons (Fsp3) is 0.0556. The fourth-order valence-electron chi connectivity index (χ4n) is 2.35. The molecule has 0 aromatic heterocycles. The van der Waals surface area contributed by atoms with Crippen LogP contribution in [-0.4, -0.2) is 24.1 Å². The predicted molar refractivity (Wildman–Crippen MR) is 93.6 cm³/mol. The Morgan fingerprint density at radius 2 is 1.64 bits per heavy atom. The van der Waals surface area contributed by atoms with Gasteiger partial charge < -0.3 is 0 Å². The zero-order chi connectivity index (χ0) is 18.0. The summed E-state index contributed by atoms with van der Waals surface area (Å²) in [7, 11) is 0. The maximum Gasteiger partial charge on any atom is 0.335 e. The summed E-state index contributed by atoms with van der Waals surface area (Å²) in [6.45, 7) is 0. The Labute approximate surface area is 147 Å². The molecular formula is C18H13FN2O3S. The number of barbiturate groups is 1. The van der Waals surface area contributed by atoms with Gasteiger partial charge in [-0.2, -0.15) is 0 Å². The molecule has 1 N–H and O–H groups in total. The molecule has 0 saturated carbocycles. The molecule has 0 atom stereocenters. The van der Waals surface area contributed by atoms with Crippen molar-refractivity contribution in [2.45, 2.75) is 4.90 Å². The van der Waals surface area contributed by atoms with Gasteiger partial charge in [-0.1, -0.05) is 12.1 Å². The Bertz CT molecular complexity index is 876. The van der Waals surface area contributed by atoms with Crippen LogP contribution in [0, 0.1) is 5.82 Å². The second-order valence-electron chi connectivity index (χ2n) is 5.21. The van der Waals surface area contributed by atoms with Crippen LogP contribution in [-0.2, 0) is 9.59 Å². The highest BCUT2D eigenvalue weighted by Gasteiger charge is 2.36. The smallest absolute Gasteiger partial charge is 0.273 e. The van der Waals surface area contributed by atoms with Crippen molar-refractivity contribution in [3.05, 3.63) is 65.5 Å². The molecule has 0 spiro atoms. The van der Waals surface area contributed by atoms with Crippen LogP contribution in [0.1, 0.15) is 5.56 Å². The van der Waals surface area contributed by atoms with E-state index in [-0.39, 0.29) is 11.3 Å². The monoisotopic (exact) mass is 356 g/mol. The van der Waals surface area contributed by atoms with Crippen molar-refractivity contribution >= 4 is 41.4 Å². The number of carbonyl (C=O) groups excluding carboxylic acids is 3. The summed E-state index contributed by atoms with van der Waals surface area (Å²) in [6, 6.07) is 11.3. The summed E-state index contributed by atoms with van der Waals surface area (Å²) >= 11 is 1.57. The van der Waals surface area contributed by atoms with E-state index in [1.54, 1.807) is 23.9 Å². The molecule has 5 nitrogen and oxygen atoms in total. The zero-order valence-corrected chi connectivity index (χ0v) is 14.0. The van der Waals surface area contributed by atoms with E-state index in [2.05, 4.69) is 5.32 Å². The molecule has 3 rings (SSSR count). The Kier molecular flexibility index (Phi) is 4.67. The van der Waals surface area contributed by atoms with E-state index in [1.807, 2.05) is 18.4 Å². The summed E-state index contributed by atoms with van der Waals surface area (Å²) in [4.78, 5) is 38.6. The number of imide groups is 2. The van der Waals surface area contributed by atoms with E-state index in [4.69, 9.17) is 0 Å². The number of amides is 4. The lowest BCUT2D eigenvalue weighted by Crippen LogP contribution is -2.54. The third-order valence-corrected chi connectivity index (χ3v) is 4.36.